The highest BCUT2D eigenvalue weighted by Crippen LogP contribution is 2.33. The lowest BCUT2D eigenvalue weighted by molar-refractivity contribution is 0.686. The summed E-state index contributed by atoms with van der Waals surface area (Å²) in [5.74, 6) is 2.66. The standard InChI is InChI=1S/C13H22N4/c1-2-8-15-13-16-10-7-12(17-13)14-9-3-4-11-5-6-11/h7,10-11H,2-6,8-9H2,1H3,(H2,14,15,16,17). The van der Waals surface area contributed by atoms with Crippen molar-refractivity contribution in [2.45, 2.75) is 39.0 Å². The third kappa shape index (κ3) is 4.59. The Balaban J connectivity index is 1.70. The lowest BCUT2D eigenvalue weighted by Crippen LogP contribution is -2.08. The maximum absolute atomic E-state index is 4.41. The quantitative estimate of drug-likeness (QED) is 0.679. The summed E-state index contributed by atoms with van der Waals surface area (Å²) >= 11 is 0. The summed E-state index contributed by atoms with van der Waals surface area (Å²) in [6.45, 7) is 4.07. The molecule has 0 saturated heterocycles. The Bertz CT molecular complexity index is 336. The van der Waals surface area contributed by atoms with Gasteiger partial charge in [-0.05, 0) is 31.2 Å². The van der Waals surface area contributed by atoms with Gasteiger partial charge in [0.1, 0.15) is 5.82 Å². The van der Waals surface area contributed by atoms with E-state index in [-0.39, 0.29) is 0 Å². The third-order valence-electron chi connectivity index (χ3n) is 2.98. The van der Waals surface area contributed by atoms with E-state index >= 15 is 0 Å². The molecule has 0 bridgehead atoms. The van der Waals surface area contributed by atoms with Crippen LogP contribution in [0.15, 0.2) is 12.3 Å². The van der Waals surface area contributed by atoms with E-state index < -0.39 is 0 Å². The van der Waals surface area contributed by atoms with Crippen LogP contribution in [0, 0.1) is 5.92 Å². The van der Waals surface area contributed by atoms with Gasteiger partial charge in [-0.2, -0.15) is 4.98 Å². The molecule has 0 radical (unpaired) electrons. The Morgan fingerprint density at radius 2 is 2.18 bits per heavy atom. The van der Waals surface area contributed by atoms with Crippen LogP contribution >= 0.6 is 0 Å². The van der Waals surface area contributed by atoms with Gasteiger partial charge >= 0.3 is 0 Å². The smallest absolute Gasteiger partial charge is 0.224 e. The normalized spacial score (nSPS) is 14.6. The SMILES string of the molecule is CCCNc1nccc(NCCCC2CC2)n1. The second kappa shape index (κ2) is 6.42. The minimum absolute atomic E-state index is 0.721. The predicted molar refractivity (Wildman–Crippen MR) is 71.3 cm³/mol. The average molecular weight is 234 g/mol. The van der Waals surface area contributed by atoms with Gasteiger partial charge in [0, 0.05) is 19.3 Å². The van der Waals surface area contributed by atoms with Crippen molar-refractivity contribution in [2.24, 2.45) is 5.92 Å². The van der Waals surface area contributed by atoms with Crippen molar-refractivity contribution in [1.82, 2.24) is 9.97 Å². The summed E-state index contributed by atoms with van der Waals surface area (Å²) in [5.41, 5.74) is 0. The molecule has 4 heteroatoms. The van der Waals surface area contributed by atoms with Gasteiger partial charge in [0.25, 0.3) is 0 Å². The molecule has 0 amide bonds. The molecular weight excluding hydrogens is 212 g/mol. The first-order chi connectivity index (χ1) is 8.38. The fourth-order valence-corrected chi connectivity index (χ4v) is 1.79. The minimum atomic E-state index is 0.721. The molecule has 1 aliphatic carbocycles. The fraction of sp³-hybridized carbons (Fsp3) is 0.692. The summed E-state index contributed by atoms with van der Waals surface area (Å²) in [7, 11) is 0. The Labute approximate surface area is 103 Å². The predicted octanol–water partition coefficient (Wildman–Crippen LogP) is 2.90. The van der Waals surface area contributed by atoms with E-state index in [4.69, 9.17) is 0 Å². The van der Waals surface area contributed by atoms with E-state index in [1.807, 2.05) is 6.07 Å². The summed E-state index contributed by atoms with van der Waals surface area (Å²) in [6.07, 6.45) is 8.37. The van der Waals surface area contributed by atoms with Crippen molar-refractivity contribution in [3.05, 3.63) is 12.3 Å². The van der Waals surface area contributed by atoms with E-state index in [0.29, 0.717) is 0 Å². The summed E-state index contributed by atoms with van der Waals surface area (Å²) < 4.78 is 0. The molecule has 4 nitrogen and oxygen atoms in total. The second-order valence-electron chi connectivity index (χ2n) is 4.70. The number of anilines is 2. The van der Waals surface area contributed by atoms with Crippen molar-refractivity contribution in [3.63, 3.8) is 0 Å². The maximum Gasteiger partial charge on any atom is 0.224 e. The van der Waals surface area contributed by atoms with E-state index in [9.17, 15) is 0 Å². The van der Waals surface area contributed by atoms with Crippen LogP contribution in [-0.4, -0.2) is 23.1 Å². The van der Waals surface area contributed by atoms with Gasteiger partial charge in [0.15, 0.2) is 0 Å². The molecule has 1 aliphatic rings. The molecule has 0 spiro atoms. The molecule has 1 aromatic rings. The van der Waals surface area contributed by atoms with Crippen LogP contribution in [0.3, 0.4) is 0 Å². The molecule has 1 saturated carbocycles. The molecule has 1 fully saturated rings. The fourth-order valence-electron chi connectivity index (χ4n) is 1.79. The first-order valence-electron chi connectivity index (χ1n) is 6.69. The van der Waals surface area contributed by atoms with Crippen molar-refractivity contribution >= 4 is 11.8 Å². The summed E-state index contributed by atoms with van der Waals surface area (Å²) in [6, 6.07) is 1.92. The van der Waals surface area contributed by atoms with Crippen LogP contribution in [0.2, 0.25) is 0 Å². The largest absolute Gasteiger partial charge is 0.370 e. The number of nitrogens with one attached hydrogen (secondary N) is 2. The molecule has 2 rings (SSSR count). The molecule has 94 valence electrons. The van der Waals surface area contributed by atoms with E-state index in [1.54, 1.807) is 6.20 Å². The summed E-state index contributed by atoms with van der Waals surface area (Å²) in [4.78, 5) is 8.59. The molecule has 17 heavy (non-hydrogen) atoms. The first-order valence-corrected chi connectivity index (χ1v) is 6.69. The maximum atomic E-state index is 4.41. The Morgan fingerprint density at radius 1 is 1.29 bits per heavy atom. The van der Waals surface area contributed by atoms with Crippen LogP contribution in [0.5, 0.6) is 0 Å². The van der Waals surface area contributed by atoms with Crippen LogP contribution in [0.4, 0.5) is 11.8 Å². The first kappa shape index (κ1) is 12.1. The molecule has 2 N–H and O–H groups in total. The van der Waals surface area contributed by atoms with Crippen molar-refractivity contribution < 1.29 is 0 Å². The van der Waals surface area contributed by atoms with E-state index in [1.165, 1.54) is 25.7 Å². The number of hydrogen-bond donors (Lipinski definition) is 2. The van der Waals surface area contributed by atoms with Gasteiger partial charge in [-0.1, -0.05) is 19.8 Å². The Kier molecular flexibility index (Phi) is 4.59. The highest BCUT2D eigenvalue weighted by molar-refractivity contribution is 5.39. The Hall–Kier alpha value is -1.32. The van der Waals surface area contributed by atoms with Crippen LogP contribution < -0.4 is 10.6 Å². The van der Waals surface area contributed by atoms with Crippen molar-refractivity contribution in [2.75, 3.05) is 23.7 Å². The number of aromatic nitrogens is 2. The molecule has 1 aromatic heterocycles. The lowest BCUT2D eigenvalue weighted by Gasteiger charge is -2.07. The van der Waals surface area contributed by atoms with Gasteiger partial charge in [0.2, 0.25) is 5.95 Å². The van der Waals surface area contributed by atoms with Crippen molar-refractivity contribution in [1.29, 1.82) is 0 Å². The molecule has 0 unspecified atom stereocenters. The molecule has 1 heterocycles. The van der Waals surface area contributed by atoms with Crippen LogP contribution in [0.1, 0.15) is 39.0 Å². The second-order valence-corrected chi connectivity index (χ2v) is 4.70. The number of hydrogen-bond acceptors (Lipinski definition) is 4. The number of nitrogens with zero attached hydrogens (tertiary/aromatic N) is 2. The zero-order valence-electron chi connectivity index (χ0n) is 10.6. The summed E-state index contributed by atoms with van der Waals surface area (Å²) in [5, 5.41) is 6.54. The van der Waals surface area contributed by atoms with Crippen LogP contribution in [0.25, 0.3) is 0 Å². The van der Waals surface area contributed by atoms with Gasteiger partial charge < -0.3 is 10.6 Å². The minimum Gasteiger partial charge on any atom is -0.370 e. The van der Waals surface area contributed by atoms with Gasteiger partial charge in [0.05, 0.1) is 0 Å². The topological polar surface area (TPSA) is 49.8 Å². The average Bonchev–Trinajstić information content (AvgIpc) is 3.17. The molecule has 0 atom stereocenters. The van der Waals surface area contributed by atoms with Crippen LogP contribution in [-0.2, 0) is 0 Å². The molecular formula is C13H22N4. The zero-order valence-corrected chi connectivity index (χ0v) is 10.6. The van der Waals surface area contributed by atoms with E-state index in [2.05, 4.69) is 27.5 Å². The molecule has 0 aromatic carbocycles. The zero-order chi connectivity index (χ0) is 11.9. The lowest BCUT2D eigenvalue weighted by atomic mass is 10.2. The highest BCUT2D eigenvalue weighted by atomic mass is 15.1. The van der Waals surface area contributed by atoms with Gasteiger partial charge in [-0.3, -0.25) is 0 Å². The van der Waals surface area contributed by atoms with Gasteiger partial charge in [-0.25, -0.2) is 4.98 Å². The Morgan fingerprint density at radius 3 is 2.94 bits per heavy atom. The number of rotatable bonds is 8. The highest BCUT2D eigenvalue weighted by Gasteiger charge is 2.19. The third-order valence-corrected chi connectivity index (χ3v) is 2.98. The monoisotopic (exact) mass is 234 g/mol. The van der Waals surface area contributed by atoms with Crippen molar-refractivity contribution in [3.8, 4) is 0 Å². The molecule has 0 aliphatic heterocycles. The van der Waals surface area contributed by atoms with E-state index in [0.717, 1.165) is 37.2 Å². The van der Waals surface area contributed by atoms with Gasteiger partial charge in [-0.15, -0.1) is 0 Å².